The Labute approximate surface area is 147 Å². The van der Waals surface area contributed by atoms with Gasteiger partial charge in [-0.2, -0.15) is 0 Å². The van der Waals surface area contributed by atoms with Crippen LogP contribution >= 0.6 is 22.7 Å². The maximum Gasteiger partial charge on any atom is 0.265 e. The van der Waals surface area contributed by atoms with Gasteiger partial charge in [0.05, 0.1) is 11.4 Å². The van der Waals surface area contributed by atoms with Crippen LogP contribution in [-0.4, -0.2) is 16.8 Å². The zero-order chi connectivity index (χ0) is 16.9. The van der Waals surface area contributed by atoms with E-state index in [1.807, 2.05) is 41.1 Å². The summed E-state index contributed by atoms with van der Waals surface area (Å²) in [6.07, 6.45) is 1.67. The lowest BCUT2D eigenvalue weighted by atomic mass is 10.2. The number of thiazole rings is 1. The Balaban J connectivity index is 1.75. The van der Waals surface area contributed by atoms with E-state index in [0.717, 1.165) is 5.56 Å². The minimum Gasteiger partial charge on any atom is -0.321 e. The van der Waals surface area contributed by atoms with Crippen molar-refractivity contribution in [1.29, 1.82) is 0 Å². The molecule has 122 valence electrons. The Morgan fingerprint density at radius 3 is 2.71 bits per heavy atom. The van der Waals surface area contributed by atoms with Crippen LogP contribution in [0.4, 0.5) is 10.8 Å². The zero-order valence-electron chi connectivity index (χ0n) is 12.9. The number of nitrogens with zero attached hydrogens (tertiary/aromatic N) is 2. The molecule has 2 aromatic heterocycles. The van der Waals surface area contributed by atoms with Gasteiger partial charge in [-0.1, -0.05) is 18.2 Å². The summed E-state index contributed by atoms with van der Waals surface area (Å²) in [5.41, 5.74) is 1.62. The fraction of sp³-hybridized carbons (Fsp3) is 0.118. The van der Waals surface area contributed by atoms with Crippen molar-refractivity contribution in [3.63, 3.8) is 0 Å². The molecular formula is C17H15N3O2S2. The quantitative estimate of drug-likeness (QED) is 0.750. The molecule has 0 saturated heterocycles. The van der Waals surface area contributed by atoms with E-state index in [2.05, 4.69) is 10.3 Å². The third-order valence-electron chi connectivity index (χ3n) is 3.30. The van der Waals surface area contributed by atoms with Crippen molar-refractivity contribution in [2.24, 2.45) is 0 Å². The summed E-state index contributed by atoms with van der Waals surface area (Å²) in [5.74, 6) is -0.205. The number of nitrogens with one attached hydrogen (secondary N) is 1. The lowest BCUT2D eigenvalue weighted by Gasteiger charge is -2.18. The highest BCUT2D eigenvalue weighted by Gasteiger charge is 2.15. The summed E-state index contributed by atoms with van der Waals surface area (Å²) < 4.78 is 0. The van der Waals surface area contributed by atoms with Gasteiger partial charge in [0.1, 0.15) is 0 Å². The minimum absolute atomic E-state index is 0.0713. The van der Waals surface area contributed by atoms with Crippen molar-refractivity contribution in [2.45, 2.75) is 13.5 Å². The molecule has 5 nitrogen and oxygen atoms in total. The number of hydrogen-bond donors (Lipinski definition) is 1. The number of carbonyl (C=O) groups excluding carboxylic acids is 2. The normalized spacial score (nSPS) is 10.4. The predicted molar refractivity (Wildman–Crippen MR) is 97.7 cm³/mol. The standard InChI is InChI=1S/C17H15N3O2S2/c1-12(21)20(17-18-7-9-24-17)11-13-4-2-5-14(10-13)19-16(22)15-6-3-8-23-15/h2-10H,11H2,1H3,(H,19,22). The summed E-state index contributed by atoms with van der Waals surface area (Å²) in [5, 5.41) is 7.24. The van der Waals surface area contributed by atoms with Crippen LogP contribution < -0.4 is 10.2 Å². The minimum atomic E-state index is -0.134. The summed E-state index contributed by atoms with van der Waals surface area (Å²) in [7, 11) is 0. The number of anilines is 2. The Kier molecular flexibility index (Phi) is 5.02. The molecule has 0 aliphatic heterocycles. The van der Waals surface area contributed by atoms with Gasteiger partial charge in [-0.15, -0.1) is 22.7 Å². The van der Waals surface area contributed by atoms with Crippen molar-refractivity contribution >= 4 is 45.3 Å². The van der Waals surface area contributed by atoms with Crippen molar-refractivity contribution in [1.82, 2.24) is 4.98 Å². The van der Waals surface area contributed by atoms with Crippen molar-refractivity contribution in [2.75, 3.05) is 10.2 Å². The molecule has 0 spiro atoms. The Hall–Kier alpha value is -2.51. The van der Waals surface area contributed by atoms with E-state index < -0.39 is 0 Å². The summed E-state index contributed by atoms with van der Waals surface area (Å²) in [4.78, 5) is 30.5. The van der Waals surface area contributed by atoms with Gasteiger partial charge in [0.25, 0.3) is 5.91 Å². The number of amides is 2. The van der Waals surface area contributed by atoms with Gasteiger partial charge < -0.3 is 5.32 Å². The van der Waals surface area contributed by atoms with E-state index in [-0.39, 0.29) is 11.8 Å². The Morgan fingerprint density at radius 1 is 1.17 bits per heavy atom. The summed E-state index contributed by atoms with van der Waals surface area (Å²) in [6, 6.07) is 11.1. The molecule has 0 saturated carbocycles. The Bertz CT molecular complexity index is 829. The molecule has 2 amide bonds. The summed E-state index contributed by atoms with van der Waals surface area (Å²) in [6.45, 7) is 1.93. The number of benzene rings is 1. The molecule has 0 bridgehead atoms. The molecule has 3 rings (SSSR count). The van der Waals surface area contributed by atoms with Crippen LogP contribution in [-0.2, 0) is 11.3 Å². The zero-order valence-corrected chi connectivity index (χ0v) is 14.6. The molecule has 3 aromatic rings. The first-order chi connectivity index (χ1) is 11.6. The van der Waals surface area contributed by atoms with Crippen LogP contribution in [0.2, 0.25) is 0 Å². The number of carbonyl (C=O) groups is 2. The van der Waals surface area contributed by atoms with Crippen molar-refractivity contribution in [3.05, 3.63) is 63.8 Å². The van der Waals surface area contributed by atoms with Gasteiger partial charge in [0.15, 0.2) is 5.13 Å². The lowest BCUT2D eigenvalue weighted by Crippen LogP contribution is -2.27. The van der Waals surface area contributed by atoms with Crippen LogP contribution in [0.25, 0.3) is 0 Å². The van der Waals surface area contributed by atoms with Crippen molar-refractivity contribution < 1.29 is 9.59 Å². The molecule has 0 unspecified atom stereocenters. The molecule has 7 heteroatoms. The maximum atomic E-state index is 12.1. The van der Waals surface area contributed by atoms with Gasteiger partial charge in [0, 0.05) is 24.2 Å². The largest absolute Gasteiger partial charge is 0.321 e. The van der Waals surface area contributed by atoms with E-state index in [1.165, 1.54) is 29.6 Å². The van der Waals surface area contributed by atoms with E-state index in [9.17, 15) is 9.59 Å². The lowest BCUT2D eigenvalue weighted by molar-refractivity contribution is -0.116. The highest BCUT2D eigenvalue weighted by molar-refractivity contribution is 7.13. The molecular weight excluding hydrogens is 342 g/mol. The SMILES string of the molecule is CC(=O)N(Cc1cccc(NC(=O)c2cccs2)c1)c1nccs1. The fourth-order valence-corrected chi connectivity index (χ4v) is 3.50. The highest BCUT2D eigenvalue weighted by Crippen LogP contribution is 2.22. The number of hydrogen-bond acceptors (Lipinski definition) is 5. The monoisotopic (exact) mass is 357 g/mol. The van der Waals surface area contributed by atoms with E-state index in [0.29, 0.717) is 22.2 Å². The molecule has 2 heterocycles. The average Bonchev–Trinajstić information content (AvgIpc) is 3.26. The first kappa shape index (κ1) is 16.4. The molecule has 0 radical (unpaired) electrons. The second kappa shape index (κ2) is 7.37. The highest BCUT2D eigenvalue weighted by atomic mass is 32.1. The predicted octanol–water partition coefficient (Wildman–Crippen LogP) is 4.01. The van der Waals surface area contributed by atoms with Crippen LogP contribution in [0.1, 0.15) is 22.2 Å². The molecule has 1 aromatic carbocycles. The van der Waals surface area contributed by atoms with Crippen LogP contribution in [0.5, 0.6) is 0 Å². The van der Waals surface area contributed by atoms with Crippen LogP contribution in [0.15, 0.2) is 53.4 Å². The molecule has 0 aliphatic rings. The smallest absolute Gasteiger partial charge is 0.265 e. The first-order valence-electron chi connectivity index (χ1n) is 7.25. The van der Waals surface area contributed by atoms with Crippen molar-refractivity contribution in [3.8, 4) is 0 Å². The topological polar surface area (TPSA) is 62.3 Å². The van der Waals surface area contributed by atoms with Gasteiger partial charge in [-0.05, 0) is 29.1 Å². The molecule has 0 aliphatic carbocycles. The fourth-order valence-electron chi connectivity index (χ4n) is 2.19. The van der Waals surface area contributed by atoms with Gasteiger partial charge in [0.2, 0.25) is 5.91 Å². The first-order valence-corrected chi connectivity index (χ1v) is 9.01. The maximum absolute atomic E-state index is 12.1. The van der Waals surface area contributed by atoms with E-state index >= 15 is 0 Å². The average molecular weight is 357 g/mol. The van der Waals surface area contributed by atoms with E-state index in [1.54, 1.807) is 17.2 Å². The van der Waals surface area contributed by atoms with Gasteiger partial charge in [-0.25, -0.2) is 4.98 Å². The van der Waals surface area contributed by atoms with Gasteiger partial charge in [-0.3, -0.25) is 14.5 Å². The van der Waals surface area contributed by atoms with Crippen LogP contribution in [0.3, 0.4) is 0 Å². The van der Waals surface area contributed by atoms with E-state index in [4.69, 9.17) is 0 Å². The number of thiophene rings is 1. The third-order valence-corrected chi connectivity index (χ3v) is 4.96. The molecule has 24 heavy (non-hydrogen) atoms. The third kappa shape index (κ3) is 3.87. The summed E-state index contributed by atoms with van der Waals surface area (Å²) >= 11 is 2.81. The van der Waals surface area contributed by atoms with Gasteiger partial charge >= 0.3 is 0 Å². The molecule has 1 N–H and O–H groups in total. The molecule has 0 fully saturated rings. The molecule has 0 atom stereocenters. The van der Waals surface area contributed by atoms with Crippen LogP contribution in [0, 0.1) is 0 Å². The number of rotatable bonds is 5. The second-order valence-corrected chi connectivity index (χ2v) is 6.87. The second-order valence-electron chi connectivity index (χ2n) is 5.05. The Morgan fingerprint density at radius 2 is 2.04 bits per heavy atom. The number of aromatic nitrogens is 1.